The van der Waals surface area contributed by atoms with Crippen LogP contribution in [0.15, 0.2) is 27.7 Å². The largest absolute Gasteiger partial charge is 0.343 e. The topological polar surface area (TPSA) is 105 Å². The Morgan fingerprint density at radius 2 is 2.18 bits per heavy atom. The maximum absolute atomic E-state index is 12.3. The van der Waals surface area contributed by atoms with Gasteiger partial charge in [-0.15, -0.1) is 0 Å². The Morgan fingerprint density at radius 3 is 2.95 bits per heavy atom. The standard InChI is InChI=1S/C13H16N4O4S/c18-12-6-2-8-17(12)9-3-7-14-22(19,20)11-5-1-4-10-13(11)16-21-15-10/h1,4-5,14H,2-3,6-9H2. The molecular formula is C13H16N4O4S. The zero-order valence-corrected chi connectivity index (χ0v) is 12.7. The maximum atomic E-state index is 12.3. The molecule has 2 heterocycles. The van der Waals surface area contributed by atoms with Gasteiger partial charge in [-0.1, -0.05) is 6.07 Å². The number of hydrogen-bond acceptors (Lipinski definition) is 6. The minimum Gasteiger partial charge on any atom is -0.343 e. The Bertz CT molecular complexity index is 786. The molecule has 9 heteroatoms. The number of rotatable bonds is 6. The summed E-state index contributed by atoms with van der Waals surface area (Å²) in [7, 11) is -3.68. The van der Waals surface area contributed by atoms with Crippen molar-refractivity contribution in [3.63, 3.8) is 0 Å². The van der Waals surface area contributed by atoms with E-state index in [1.54, 1.807) is 17.0 Å². The molecule has 2 aromatic rings. The molecule has 0 radical (unpaired) electrons. The lowest BCUT2D eigenvalue weighted by Gasteiger charge is -2.15. The zero-order chi connectivity index (χ0) is 15.6. The van der Waals surface area contributed by atoms with Gasteiger partial charge in [0.25, 0.3) is 0 Å². The van der Waals surface area contributed by atoms with Gasteiger partial charge in [0.15, 0.2) is 5.52 Å². The first-order chi connectivity index (χ1) is 10.6. The van der Waals surface area contributed by atoms with Crippen molar-refractivity contribution < 1.29 is 17.8 Å². The molecule has 3 rings (SSSR count). The molecule has 1 fully saturated rings. The van der Waals surface area contributed by atoms with Crippen molar-refractivity contribution in [2.45, 2.75) is 24.2 Å². The lowest BCUT2D eigenvalue weighted by Crippen LogP contribution is -2.30. The third kappa shape index (κ3) is 2.95. The molecule has 0 saturated carbocycles. The molecule has 1 aliphatic heterocycles. The molecule has 1 N–H and O–H groups in total. The van der Waals surface area contributed by atoms with Crippen LogP contribution < -0.4 is 4.72 Å². The van der Waals surface area contributed by atoms with E-state index in [1.807, 2.05) is 0 Å². The van der Waals surface area contributed by atoms with Crippen molar-refractivity contribution in [2.75, 3.05) is 19.6 Å². The van der Waals surface area contributed by atoms with E-state index in [9.17, 15) is 13.2 Å². The van der Waals surface area contributed by atoms with Crippen molar-refractivity contribution in [2.24, 2.45) is 0 Å². The monoisotopic (exact) mass is 324 g/mol. The number of fused-ring (bicyclic) bond motifs is 1. The van der Waals surface area contributed by atoms with Crippen molar-refractivity contribution >= 4 is 27.0 Å². The van der Waals surface area contributed by atoms with E-state index < -0.39 is 10.0 Å². The third-order valence-electron chi connectivity index (χ3n) is 3.61. The molecule has 0 aliphatic carbocycles. The number of nitrogens with one attached hydrogen (secondary N) is 1. The minimum absolute atomic E-state index is 0.0449. The van der Waals surface area contributed by atoms with Crippen LogP contribution in [0.25, 0.3) is 11.0 Å². The van der Waals surface area contributed by atoms with Crippen LogP contribution in [0.5, 0.6) is 0 Å². The summed E-state index contributed by atoms with van der Waals surface area (Å²) in [6, 6.07) is 4.67. The predicted molar refractivity (Wildman–Crippen MR) is 77.4 cm³/mol. The number of carbonyl (C=O) groups is 1. The van der Waals surface area contributed by atoms with Crippen LogP contribution in [0.1, 0.15) is 19.3 Å². The maximum Gasteiger partial charge on any atom is 0.242 e. The van der Waals surface area contributed by atoms with Crippen molar-refractivity contribution in [3.05, 3.63) is 18.2 Å². The molecule has 0 spiro atoms. The Balaban J connectivity index is 1.61. The van der Waals surface area contributed by atoms with Crippen molar-refractivity contribution in [1.82, 2.24) is 19.9 Å². The Hall–Kier alpha value is -2.00. The van der Waals surface area contributed by atoms with Crippen LogP contribution in [-0.4, -0.2) is 49.2 Å². The predicted octanol–water partition coefficient (Wildman–Crippen LogP) is 0.514. The summed E-state index contributed by atoms with van der Waals surface area (Å²) >= 11 is 0. The highest BCUT2D eigenvalue weighted by molar-refractivity contribution is 7.89. The summed E-state index contributed by atoms with van der Waals surface area (Å²) in [5.74, 6) is 0.140. The minimum atomic E-state index is -3.68. The summed E-state index contributed by atoms with van der Waals surface area (Å²) < 4.78 is 31.7. The van der Waals surface area contributed by atoms with Crippen LogP contribution in [0.3, 0.4) is 0 Å². The number of likely N-dealkylation sites (tertiary alicyclic amines) is 1. The van der Waals surface area contributed by atoms with E-state index >= 15 is 0 Å². The molecular weight excluding hydrogens is 308 g/mol. The molecule has 1 saturated heterocycles. The van der Waals surface area contributed by atoms with Gasteiger partial charge >= 0.3 is 0 Å². The van der Waals surface area contributed by atoms with E-state index in [0.717, 1.165) is 13.0 Å². The van der Waals surface area contributed by atoms with E-state index in [1.165, 1.54) is 6.07 Å². The highest BCUT2D eigenvalue weighted by Gasteiger charge is 2.21. The van der Waals surface area contributed by atoms with Crippen molar-refractivity contribution in [3.8, 4) is 0 Å². The highest BCUT2D eigenvalue weighted by Crippen LogP contribution is 2.19. The normalized spacial score (nSPS) is 15.8. The first-order valence-electron chi connectivity index (χ1n) is 7.07. The lowest BCUT2D eigenvalue weighted by atomic mass is 10.3. The van der Waals surface area contributed by atoms with Crippen LogP contribution in [0.4, 0.5) is 0 Å². The third-order valence-corrected chi connectivity index (χ3v) is 5.10. The fraction of sp³-hybridized carbons (Fsp3) is 0.462. The van der Waals surface area contributed by atoms with Gasteiger partial charge in [0, 0.05) is 26.1 Å². The summed E-state index contributed by atoms with van der Waals surface area (Å²) in [5, 5.41) is 7.26. The first kappa shape index (κ1) is 14.9. The molecule has 0 unspecified atom stereocenters. The molecule has 8 nitrogen and oxygen atoms in total. The second-order valence-corrected chi connectivity index (χ2v) is 6.86. The van der Waals surface area contributed by atoms with Gasteiger partial charge in [-0.2, -0.15) is 0 Å². The fourth-order valence-corrected chi connectivity index (χ4v) is 3.72. The van der Waals surface area contributed by atoms with Crippen molar-refractivity contribution in [1.29, 1.82) is 0 Å². The quantitative estimate of drug-likeness (QED) is 0.776. The van der Waals surface area contributed by atoms with Crippen LogP contribution in [-0.2, 0) is 14.8 Å². The number of aromatic nitrogens is 2. The van der Waals surface area contributed by atoms with Gasteiger partial charge in [-0.05, 0) is 35.3 Å². The molecule has 118 valence electrons. The van der Waals surface area contributed by atoms with Gasteiger partial charge in [0.1, 0.15) is 10.4 Å². The highest BCUT2D eigenvalue weighted by atomic mass is 32.2. The Kier molecular flexibility index (Phi) is 4.08. The van der Waals surface area contributed by atoms with Crippen LogP contribution >= 0.6 is 0 Å². The molecule has 1 aromatic heterocycles. The summed E-state index contributed by atoms with van der Waals surface area (Å²) in [6.45, 7) is 1.58. The van der Waals surface area contributed by atoms with E-state index in [4.69, 9.17) is 0 Å². The molecule has 22 heavy (non-hydrogen) atoms. The number of benzene rings is 1. The molecule has 0 bridgehead atoms. The number of nitrogens with zero attached hydrogens (tertiary/aromatic N) is 3. The van der Waals surface area contributed by atoms with E-state index in [0.29, 0.717) is 24.9 Å². The number of carbonyl (C=O) groups excluding carboxylic acids is 1. The van der Waals surface area contributed by atoms with Crippen LogP contribution in [0, 0.1) is 0 Å². The zero-order valence-electron chi connectivity index (χ0n) is 11.9. The van der Waals surface area contributed by atoms with Gasteiger partial charge in [0.2, 0.25) is 15.9 Å². The SMILES string of the molecule is O=C1CCCN1CCCNS(=O)(=O)c1cccc2nonc12. The van der Waals surface area contributed by atoms with Gasteiger partial charge in [-0.3, -0.25) is 4.79 Å². The van der Waals surface area contributed by atoms with Crippen LogP contribution in [0.2, 0.25) is 0 Å². The average Bonchev–Trinajstić information content (AvgIpc) is 3.12. The lowest BCUT2D eigenvalue weighted by molar-refractivity contribution is -0.127. The Labute approximate surface area is 127 Å². The number of sulfonamides is 1. The van der Waals surface area contributed by atoms with Gasteiger partial charge in [-0.25, -0.2) is 17.8 Å². The van der Waals surface area contributed by atoms with Gasteiger partial charge < -0.3 is 4.90 Å². The average molecular weight is 324 g/mol. The fourth-order valence-electron chi connectivity index (χ4n) is 2.49. The molecule has 1 amide bonds. The van der Waals surface area contributed by atoms with E-state index in [2.05, 4.69) is 19.7 Å². The van der Waals surface area contributed by atoms with Gasteiger partial charge in [0.05, 0.1) is 0 Å². The number of hydrogen-bond donors (Lipinski definition) is 1. The number of amides is 1. The summed E-state index contributed by atoms with van der Waals surface area (Å²) in [4.78, 5) is 13.3. The summed E-state index contributed by atoms with van der Waals surface area (Å²) in [6.07, 6.45) is 2.04. The van der Waals surface area contributed by atoms with E-state index in [-0.39, 0.29) is 22.9 Å². The molecule has 0 atom stereocenters. The molecule has 1 aliphatic rings. The second-order valence-electron chi connectivity index (χ2n) is 5.12. The summed E-state index contributed by atoms with van der Waals surface area (Å²) in [5.41, 5.74) is 0.607. The second kappa shape index (κ2) is 6.01. The Morgan fingerprint density at radius 1 is 1.32 bits per heavy atom. The smallest absolute Gasteiger partial charge is 0.242 e. The first-order valence-corrected chi connectivity index (χ1v) is 8.55. The molecule has 1 aromatic carbocycles.